The Labute approximate surface area is 151 Å². The molecule has 26 heavy (non-hydrogen) atoms. The number of aromatic hydroxyl groups is 1. The number of para-hydroxylation sites is 1. The smallest absolute Gasteiger partial charge is 0.343 e. The van der Waals surface area contributed by atoms with Crippen LogP contribution in [0.5, 0.6) is 5.75 Å². The van der Waals surface area contributed by atoms with Crippen molar-refractivity contribution < 1.29 is 14.6 Å². The van der Waals surface area contributed by atoms with Gasteiger partial charge in [-0.1, -0.05) is 12.1 Å². The maximum atomic E-state index is 12.5. The SMILES string of the molecule is CCOC(=O)c1c[nH]c2cc(-c3nc4ccccc4s3)c(O)cc2c1=O. The van der Waals surface area contributed by atoms with Crippen molar-refractivity contribution >= 4 is 38.4 Å². The number of benzene rings is 2. The minimum absolute atomic E-state index is 0.0666. The fourth-order valence-corrected chi connectivity index (χ4v) is 3.77. The number of carbonyl (C=O) groups excluding carboxylic acids is 1. The molecular formula is C19H14N2O4S. The van der Waals surface area contributed by atoms with E-state index in [1.807, 2.05) is 24.3 Å². The lowest BCUT2D eigenvalue weighted by Gasteiger charge is -2.06. The summed E-state index contributed by atoms with van der Waals surface area (Å²) >= 11 is 1.45. The Kier molecular flexibility index (Phi) is 3.93. The van der Waals surface area contributed by atoms with Crippen molar-refractivity contribution in [1.82, 2.24) is 9.97 Å². The van der Waals surface area contributed by atoms with Gasteiger partial charge in [-0.3, -0.25) is 4.79 Å². The molecule has 2 aromatic heterocycles. The Hall–Kier alpha value is -3.19. The number of aromatic nitrogens is 2. The zero-order valence-electron chi connectivity index (χ0n) is 13.8. The minimum atomic E-state index is -0.689. The van der Waals surface area contributed by atoms with E-state index in [0.717, 1.165) is 10.2 Å². The van der Waals surface area contributed by atoms with E-state index in [9.17, 15) is 14.7 Å². The lowest BCUT2D eigenvalue weighted by Crippen LogP contribution is -2.18. The zero-order chi connectivity index (χ0) is 18.3. The van der Waals surface area contributed by atoms with Gasteiger partial charge in [0.15, 0.2) is 0 Å². The number of pyridine rings is 1. The lowest BCUT2D eigenvalue weighted by molar-refractivity contribution is 0.0524. The summed E-state index contributed by atoms with van der Waals surface area (Å²) in [4.78, 5) is 31.9. The van der Waals surface area contributed by atoms with Crippen molar-refractivity contribution in [2.24, 2.45) is 0 Å². The Morgan fingerprint density at radius 1 is 1.31 bits per heavy atom. The van der Waals surface area contributed by atoms with Crippen molar-refractivity contribution in [2.75, 3.05) is 6.61 Å². The van der Waals surface area contributed by atoms with E-state index in [2.05, 4.69) is 9.97 Å². The van der Waals surface area contributed by atoms with Gasteiger partial charge < -0.3 is 14.8 Å². The number of carbonyl (C=O) groups is 1. The molecule has 0 saturated carbocycles. The summed E-state index contributed by atoms with van der Waals surface area (Å²) in [5.41, 5.74) is 1.31. The molecule has 0 fully saturated rings. The highest BCUT2D eigenvalue weighted by Gasteiger charge is 2.17. The number of ether oxygens (including phenoxy) is 1. The molecule has 0 aliphatic carbocycles. The second kappa shape index (κ2) is 6.27. The predicted molar refractivity (Wildman–Crippen MR) is 101 cm³/mol. The van der Waals surface area contributed by atoms with Gasteiger partial charge in [-0.05, 0) is 31.2 Å². The normalized spacial score (nSPS) is 11.1. The van der Waals surface area contributed by atoms with Crippen LogP contribution in [0.25, 0.3) is 31.7 Å². The van der Waals surface area contributed by atoms with Gasteiger partial charge in [0, 0.05) is 6.20 Å². The summed E-state index contributed by atoms with van der Waals surface area (Å²) < 4.78 is 5.89. The number of aromatic amines is 1. The standard InChI is InChI=1S/C19H14N2O4S/c1-2-25-19(24)12-9-20-14-7-11(15(22)8-10(14)17(12)23)18-21-13-5-3-4-6-16(13)26-18/h3-9,22H,2H2,1H3,(H,20,23). The molecule has 0 radical (unpaired) electrons. The average Bonchev–Trinajstić information content (AvgIpc) is 3.06. The van der Waals surface area contributed by atoms with E-state index in [0.29, 0.717) is 16.1 Å². The average molecular weight is 366 g/mol. The molecule has 7 heteroatoms. The van der Waals surface area contributed by atoms with Gasteiger partial charge in [-0.2, -0.15) is 0 Å². The summed E-state index contributed by atoms with van der Waals surface area (Å²) in [7, 11) is 0. The van der Waals surface area contributed by atoms with Crippen molar-refractivity contribution in [3.05, 3.63) is 58.4 Å². The fourth-order valence-electron chi connectivity index (χ4n) is 2.78. The number of H-pyrrole nitrogens is 1. The molecular weight excluding hydrogens is 352 g/mol. The number of hydrogen-bond donors (Lipinski definition) is 2. The van der Waals surface area contributed by atoms with Crippen LogP contribution in [-0.4, -0.2) is 27.7 Å². The molecule has 0 aliphatic rings. The minimum Gasteiger partial charge on any atom is -0.507 e. The van der Waals surface area contributed by atoms with Crippen LogP contribution in [0.2, 0.25) is 0 Å². The molecule has 0 spiro atoms. The maximum Gasteiger partial charge on any atom is 0.343 e. The van der Waals surface area contributed by atoms with Gasteiger partial charge in [-0.25, -0.2) is 9.78 Å². The molecule has 0 unspecified atom stereocenters. The third-order valence-electron chi connectivity index (χ3n) is 4.02. The third kappa shape index (κ3) is 2.62. The van der Waals surface area contributed by atoms with Crippen molar-refractivity contribution in [3.63, 3.8) is 0 Å². The van der Waals surface area contributed by atoms with E-state index in [-0.39, 0.29) is 23.3 Å². The summed E-state index contributed by atoms with van der Waals surface area (Å²) in [6, 6.07) is 10.7. The molecule has 2 N–H and O–H groups in total. The molecule has 0 bridgehead atoms. The van der Waals surface area contributed by atoms with Gasteiger partial charge in [0.1, 0.15) is 16.3 Å². The Bertz CT molecular complexity index is 1180. The molecule has 0 atom stereocenters. The first kappa shape index (κ1) is 16.3. The summed E-state index contributed by atoms with van der Waals surface area (Å²) in [6.07, 6.45) is 1.34. The topological polar surface area (TPSA) is 92.3 Å². The van der Waals surface area contributed by atoms with Gasteiger partial charge in [0.05, 0.1) is 33.3 Å². The first-order valence-corrected chi connectivity index (χ1v) is 8.81. The number of thiazole rings is 1. The number of phenols is 1. The number of nitrogens with zero attached hydrogens (tertiary/aromatic N) is 1. The Morgan fingerprint density at radius 3 is 2.88 bits per heavy atom. The van der Waals surface area contributed by atoms with Gasteiger partial charge >= 0.3 is 5.97 Å². The van der Waals surface area contributed by atoms with E-state index in [1.54, 1.807) is 13.0 Å². The summed E-state index contributed by atoms with van der Waals surface area (Å²) in [5, 5.41) is 11.3. The molecule has 6 nitrogen and oxygen atoms in total. The van der Waals surface area contributed by atoms with Crippen molar-refractivity contribution in [3.8, 4) is 16.3 Å². The first-order valence-electron chi connectivity index (χ1n) is 8.00. The molecule has 2 heterocycles. The number of phenolic OH excluding ortho intramolecular Hbond substituents is 1. The molecule has 0 aliphatic heterocycles. The molecule has 130 valence electrons. The van der Waals surface area contributed by atoms with Crippen LogP contribution in [0.3, 0.4) is 0 Å². The molecule has 4 rings (SSSR count). The van der Waals surface area contributed by atoms with Crippen LogP contribution >= 0.6 is 11.3 Å². The van der Waals surface area contributed by atoms with Gasteiger partial charge in [-0.15, -0.1) is 11.3 Å². The largest absolute Gasteiger partial charge is 0.507 e. The Balaban J connectivity index is 1.88. The second-order valence-corrected chi connectivity index (χ2v) is 6.68. The lowest BCUT2D eigenvalue weighted by atomic mass is 10.1. The number of esters is 1. The van der Waals surface area contributed by atoms with Crippen LogP contribution in [0.15, 0.2) is 47.4 Å². The van der Waals surface area contributed by atoms with E-state index < -0.39 is 11.4 Å². The van der Waals surface area contributed by atoms with Gasteiger partial charge in [0.2, 0.25) is 5.43 Å². The highest BCUT2D eigenvalue weighted by atomic mass is 32.1. The fraction of sp³-hybridized carbons (Fsp3) is 0.105. The van der Waals surface area contributed by atoms with Crippen LogP contribution in [0.1, 0.15) is 17.3 Å². The molecule has 2 aromatic carbocycles. The first-order chi connectivity index (χ1) is 12.6. The van der Waals surface area contributed by atoms with E-state index in [1.165, 1.54) is 23.6 Å². The molecule has 0 saturated heterocycles. The molecule has 0 amide bonds. The number of hydrogen-bond acceptors (Lipinski definition) is 6. The maximum absolute atomic E-state index is 12.5. The van der Waals surface area contributed by atoms with Crippen LogP contribution < -0.4 is 5.43 Å². The number of fused-ring (bicyclic) bond motifs is 2. The summed E-state index contributed by atoms with van der Waals surface area (Å²) in [5.74, 6) is -0.756. The summed E-state index contributed by atoms with van der Waals surface area (Å²) in [6.45, 7) is 1.85. The van der Waals surface area contributed by atoms with Crippen molar-refractivity contribution in [2.45, 2.75) is 6.92 Å². The number of rotatable bonds is 3. The van der Waals surface area contributed by atoms with Gasteiger partial charge in [0.25, 0.3) is 0 Å². The second-order valence-electron chi connectivity index (χ2n) is 5.65. The Morgan fingerprint density at radius 2 is 2.12 bits per heavy atom. The van der Waals surface area contributed by atoms with Crippen molar-refractivity contribution in [1.29, 1.82) is 0 Å². The van der Waals surface area contributed by atoms with Crippen LogP contribution in [0.4, 0.5) is 0 Å². The van der Waals surface area contributed by atoms with E-state index >= 15 is 0 Å². The quantitative estimate of drug-likeness (QED) is 0.540. The molecule has 4 aromatic rings. The third-order valence-corrected chi connectivity index (χ3v) is 5.09. The van der Waals surface area contributed by atoms with Crippen LogP contribution in [0, 0.1) is 0 Å². The highest BCUT2D eigenvalue weighted by Crippen LogP contribution is 2.36. The number of nitrogens with one attached hydrogen (secondary N) is 1. The highest BCUT2D eigenvalue weighted by molar-refractivity contribution is 7.21. The predicted octanol–water partition coefficient (Wildman–Crippen LogP) is 3.69. The zero-order valence-corrected chi connectivity index (χ0v) is 14.6. The monoisotopic (exact) mass is 366 g/mol. The van der Waals surface area contributed by atoms with Crippen LogP contribution in [-0.2, 0) is 4.74 Å². The van der Waals surface area contributed by atoms with E-state index in [4.69, 9.17) is 4.74 Å².